The van der Waals surface area contributed by atoms with Gasteiger partial charge in [-0.25, -0.2) is 13.1 Å². The average Bonchev–Trinajstić information content (AvgIpc) is 2.31. The molecule has 4 N–H and O–H groups in total. The fourth-order valence-corrected chi connectivity index (χ4v) is 2.50. The molecule has 6 heteroatoms. The Kier molecular flexibility index (Phi) is 5.18. The van der Waals surface area contributed by atoms with E-state index in [1.165, 1.54) is 12.1 Å². The van der Waals surface area contributed by atoms with E-state index >= 15 is 0 Å². The van der Waals surface area contributed by atoms with Gasteiger partial charge in [-0.05, 0) is 24.6 Å². The summed E-state index contributed by atoms with van der Waals surface area (Å²) in [7, 11) is -3.45. The Morgan fingerprint density at radius 2 is 2.17 bits per heavy atom. The summed E-state index contributed by atoms with van der Waals surface area (Å²) in [5.41, 5.74) is 6.93. The van der Waals surface area contributed by atoms with E-state index in [1.807, 2.05) is 0 Å². The van der Waals surface area contributed by atoms with Crippen LogP contribution >= 0.6 is 0 Å². The zero-order chi connectivity index (χ0) is 13.6. The van der Waals surface area contributed by atoms with Gasteiger partial charge in [-0.3, -0.25) is 0 Å². The monoisotopic (exact) mass is 269 g/mol. The first kappa shape index (κ1) is 14.5. The number of anilines is 2. The van der Waals surface area contributed by atoms with Crippen LogP contribution in [-0.4, -0.2) is 21.5 Å². The first-order valence-corrected chi connectivity index (χ1v) is 7.23. The number of hydrogen-bond acceptors (Lipinski definition) is 4. The summed E-state index contributed by atoms with van der Waals surface area (Å²) in [5, 5.41) is 3.08. The lowest BCUT2D eigenvalue weighted by Gasteiger charge is -2.11. The van der Waals surface area contributed by atoms with Crippen molar-refractivity contribution in [2.24, 2.45) is 0 Å². The maximum absolute atomic E-state index is 11.8. The van der Waals surface area contributed by atoms with Gasteiger partial charge in [0, 0.05) is 13.1 Å². The summed E-state index contributed by atoms with van der Waals surface area (Å²) in [6, 6.07) is 4.61. The third-order valence-corrected chi connectivity index (χ3v) is 3.88. The molecule has 0 fully saturated rings. The summed E-state index contributed by atoms with van der Waals surface area (Å²) in [6.45, 7) is 6.37. The molecule has 5 nitrogen and oxygen atoms in total. The molecule has 0 spiro atoms. The van der Waals surface area contributed by atoms with Gasteiger partial charge in [0.25, 0.3) is 0 Å². The topological polar surface area (TPSA) is 84.2 Å². The van der Waals surface area contributed by atoms with Crippen LogP contribution in [0.2, 0.25) is 0 Å². The van der Waals surface area contributed by atoms with Gasteiger partial charge in [0.1, 0.15) is 0 Å². The first-order valence-electron chi connectivity index (χ1n) is 5.75. The molecule has 0 saturated carbocycles. The molecule has 100 valence electrons. The molecule has 0 aliphatic rings. The Hall–Kier alpha value is -1.53. The zero-order valence-electron chi connectivity index (χ0n) is 10.4. The Balaban J connectivity index is 2.96. The molecule has 0 radical (unpaired) electrons. The third-order valence-electron chi connectivity index (χ3n) is 2.33. The number of nitrogens with one attached hydrogen (secondary N) is 2. The minimum absolute atomic E-state index is 0.208. The lowest BCUT2D eigenvalue weighted by Crippen LogP contribution is -2.23. The smallest absolute Gasteiger partial charge is 0.240 e. The van der Waals surface area contributed by atoms with Crippen molar-refractivity contribution >= 4 is 21.4 Å². The molecule has 0 amide bonds. The first-order chi connectivity index (χ1) is 8.51. The molecule has 0 heterocycles. The number of rotatable bonds is 7. The second-order valence-corrected chi connectivity index (χ2v) is 5.52. The summed E-state index contributed by atoms with van der Waals surface area (Å²) >= 11 is 0. The van der Waals surface area contributed by atoms with Gasteiger partial charge < -0.3 is 11.1 Å². The SMILES string of the molecule is C=CCCNc1cc(S(=O)(=O)NCC)ccc1N. The minimum atomic E-state index is -3.45. The van der Waals surface area contributed by atoms with E-state index in [4.69, 9.17) is 5.73 Å². The van der Waals surface area contributed by atoms with Crippen LogP contribution in [0.1, 0.15) is 13.3 Å². The van der Waals surface area contributed by atoms with Crippen molar-refractivity contribution in [2.45, 2.75) is 18.2 Å². The van der Waals surface area contributed by atoms with Crippen LogP contribution in [0.15, 0.2) is 35.7 Å². The van der Waals surface area contributed by atoms with Crippen LogP contribution in [0.5, 0.6) is 0 Å². The molecule has 1 rings (SSSR count). The van der Waals surface area contributed by atoms with Crippen molar-refractivity contribution in [2.75, 3.05) is 24.1 Å². The quantitative estimate of drug-likeness (QED) is 0.398. The standard InChI is InChI=1S/C12H19N3O2S/c1-3-5-8-14-12-9-10(6-7-11(12)13)18(16,17)15-4-2/h3,6-7,9,14-15H,1,4-5,8,13H2,2H3. The highest BCUT2D eigenvalue weighted by atomic mass is 32.2. The van der Waals surface area contributed by atoms with Crippen molar-refractivity contribution in [1.82, 2.24) is 4.72 Å². The van der Waals surface area contributed by atoms with Crippen molar-refractivity contribution in [1.29, 1.82) is 0 Å². The fraction of sp³-hybridized carbons (Fsp3) is 0.333. The van der Waals surface area contributed by atoms with Gasteiger partial charge in [-0.15, -0.1) is 6.58 Å². The van der Waals surface area contributed by atoms with Crippen molar-refractivity contribution in [3.05, 3.63) is 30.9 Å². The van der Waals surface area contributed by atoms with Crippen LogP contribution in [0.25, 0.3) is 0 Å². The predicted octanol–water partition coefficient (Wildman–Crippen LogP) is 1.55. The fourth-order valence-electron chi connectivity index (χ4n) is 1.44. The van der Waals surface area contributed by atoms with Gasteiger partial charge in [-0.1, -0.05) is 13.0 Å². The molecule has 0 bridgehead atoms. The van der Waals surface area contributed by atoms with E-state index in [1.54, 1.807) is 19.1 Å². The number of hydrogen-bond donors (Lipinski definition) is 3. The molecule has 0 unspecified atom stereocenters. The Bertz CT molecular complexity index is 512. The molecule has 0 aliphatic heterocycles. The minimum Gasteiger partial charge on any atom is -0.397 e. The summed E-state index contributed by atoms with van der Waals surface area (Å²) in [5.74, 6) is 0. The summed E-state index contributed by atoms with van der Waals surface area (Å²) in [6.07, 6.45) is 2.56. The second-order valence-electron chi connectivity index (χ2n) is 3.75. The second kappa shape index (κ2) is 6.42. The largest absolute Gasteiger partial charge is 0.397 e. The molecule has 0 aliphatic carbocycles. The summed E-state index contributed by atoms with van der Waals surface area (Å²) in [4.78, 5) is 0.208. The van der Waals surface area contributed by atoms with Crippen molar-refractivity contribution in [3.63, 3.8) is 0 Å². The average molecular weight is 269 g/mol. The van der Waals surface area contributed by atoms with Gasteiger partial charge in [0.15, 0.2) is 0 Å². The molecular formula is C12H19N3O2S. The van der Waals surface area contributed by atoms with Gasteiger partial charge in [0.2, 0.25) is 10.0 Å². The van der Waals surface area contributed by atoms with E-state index in [2.05, 4.69) is 16.6 Å². The van der Waals surface area contributed by atoms with E-state index < -0.39 is 10.0 Å². The maximum atomic E-state index is 11.8. The highest BCUT2D eigenvalue weighted by Crippen LogP contribution is 2.22. The van der Waals surface area contributed by atoms with E-state index in [0.29, 0.717) is 24.5 Å². The van der Waals surface area contributed by atoms with Crippen molar-refractivity contribution < 1.29 is 8.42 Å². The Labute approximate surface area is 108 Å². The van der Waals surface area contributed by atoms with Crippen LogP contribution in [0, 0.1) is 0 Å². The molecule has 0 aromatic heterocycles. The Morgan fingerprint density at radius 3 is 2.78 bits per heavy atom. The van der Waals surface area contributed by atoms with Crippen LogP contribution < -0.4 is 15.8 Å². The number of nitrogens with two attached hydrogens (primary N) is 1. The predicted molar refractivity (Wildman–Crippen MR) is 75.0 cm³/mol. The third kappa shape index (κ3) is 3.75. The number of sulfonamides is 1. The highest BCUT2D eigenvalue weighted by molar-refractivity contribution is 7.89. The van der Waals surface area contributed by atoms with E-state index in [0.717, 1.165) is 6.42 Å². The van der Waals surface area contributed by atoms with Crippen LogP contribution in [0.4, 0.5) is 11.4 Å². The maximum Gasteiger partial charge on any atom is 0.240 e. The van der Waals surface area contributed by atoms with Gasteiger partial charge >= 0.3 is 0 Å². The molecule has 18 heavy (non-hydrogen) atoms. The van der Waals surface area contributed by atoms with Gasteiger partial charge in [-0.2, -0.15) is 0 Å². The molecule has 0 saturated heterocycles. The number of benzene rings is 1. The van der Waals surface area contributed by atoms with E-state index in [-0.39, 0.29) is 4.90 Å². The highest BCUT2D eigenvalue weighted by Gasteiger charge is 2.13. The zero-order valence-corrected chi connectivity index (χ0v) is 11.3. The number of nitrogen functional groups attached to an aromatic ring is 1. The molecule has 0 atom stereocenters. The molecular weight excluding hydrogens is 250 g/mol. The Morgan fingerprint density at radius 1 is 1.44 bits per heavy atom. The molecule has 1 aromatic rings. The lowest BCUT2D eigenvalue weighted by atomic mass is 10.2. The lowest BCUT2D eigenvalue weighted by molar-refractivity contribution is 0.584. The van der Waals surface area contributed by atoms with Gasteiger partial charge in [0.05, 0.1) is 16.3 Å². The normalized spacial score (nSPS) is 11.2. The summed E-state index contributed by atoms with van der Waals surface area (Å²) < 4.78 is 26.1. The van der Waals surface area contributed by atoms with Crippen LogP contribution in [0.3, 0.4) is 0 Å². The van der Waals surface area contributed by atoms with E-state index in [9.17, 15) is 8.42 Å². The molecule has 1 aromatic carbocycles. The van der Waals surface area contributed by atoms with Crippen LogP contribution in [-0.2, 0) is 10.0 Å². The van der Waals surface area contributed by atoms with Crippen molar-refractivity contribution in [3.8, 4) is 0 Å².